The van der Waals surface area contributed by atoms with Gasteiger partial charge in [0.1, 0.15) is 0 Å². The van der Waals surface area contributed by atoms with Crippen molar-refractivity contribution in [2.24, 2.45) is 11.7 Å². The third kappa shape index (κ3) is 1.88. The zero-order chi connectivity index (χ0) is 10.8. The molecule has 0 spiro atoms. The highest BCUT2D eigenvalue weighted by Crippen LogP contribution is 2.35. The number of carbonyl (C=O) groups excluding carboxylic acids is 1. The van der Waals surface area contributed by atoms with Gasteiger partial charge in [0.25, 0.3) is 0 Å². The third-order valence-electron chi connectivity index (χ3n) is 3.00. The molecule has 2 atom stereocenters. The largest absolute Gasteiger partial charge is 0.348 e. The highest BCUT2D eigenvalue weighted by atomic mass is 16.1. The summed E-state index contributed by atoms with van der Waals surface area (Å²) in [5, 5.41) is 2.97. The van der Waals surface area contributed by atoms with Gasteiger partial charge in [-0.2, -0.15) is 0 Å². The Balaban J connectivity index is 2.22. The number of benzene rings is 1. The van der Waals surface area contributed by atoms with Crippen molar-refractivity contribution >= 4 is 5.91 Å². The summed E-state index contributed by atoms with van der Waals surface area (Å²) in [6.45, 7) is 2.22. The highest BCUT2D eigenvalue weighted by Gasteiger charge is 2.29. The molecule has 0 saturated carbocycles. The van der Waals surface area contributed by atoms with Crippen LogP contribution < -0.4 is 11.1 Å². The second-order valence-corrected chi connectivity index (χ2v) is 4.13. The topological polar surface area (TPSA) is 55.1 Å². The molecule has 0 fully saturated rings. The number of rotatable bonds is 2. The third-order valence-corrected chi connectivity index (χ3v) is 3.00. The minimum absolute atomic E-state index is 0.0609. The summed E-state index contributed by atoms with van der Waals surface area (Å²) < 4.78 is 0. The van der Waals surface area contributed by atoms with Crippen LogP contribution in [0.1, 0.15) is 24.1 Å². The molecule has 1 aromatic rings. The molecule has 15 heavy (non-hydrogen) atoms. The Bertz CT molecular complexity index is 376. The predicted octanol–water partition coefficient (Wildman–Crippen LogP) is 0.995. The molecule has 3 nitrogen and oxygen atoms in total. The lowest BCUT2D eigenvalue weighted by Gasteiger charge is -2.18. The summed E-state index contributed by atoms with van der Waals surface area (Å²) in [6.07, 6.45) is 1.03. The lowest BCUT2D eigenvalue weighted by molar-refractivity contribution is -0.120. The van der Waals surface area contributed by atoms with Gasteiger partial charge in [-0.05, 0) is 23.5 Å². The average molecular weight is 204 g/mol. The molecule has 1 aliphatic carbocycles. The average Bonchev–Trinajstić information content (AvgIpc) is 2.55. The summed E-state index contributed by atoms with van der Waals surface area (Å²) in [6, 6.07) is 8.40. The number of carbonyl (C=O) groups is 1. The zero-order valence-electron chi connectivity index (χ0n) is 8.86. The number of amides is 1. The van der Waals surface area contributed by atoms with Crippen LogP contribution in [-0.2, 0) is 11.2 Å². The first kappa shape index (κ1) is 10.2. The number of nitrogens with one attached hydrogen (secondary N) is 1. The van der Waals surface area contributed by atoms with Crippen LogP contribution in [0.5, 0.6) is 0 Å². The van der Waals surface area contributed by atoms with Gasteiger partial charge in [0.15, 0.2) is 0 Å². The van der Waals surface area contributed by atoms with E-state index in [0.717, 1.165) is 6.42 Å². The first-order valence-electron chi connectivity index (χ1n) is 5.29. The molecular formula is C12H16N2O. The van der Waals surface area contributed by atoms with Crippen LogP contribution in [0, 0.1) is 5.92 Å². The summed E-state index contributed by atoms with van der Waals surface area (Å²) >= 11 is 0. The summed E-state index contributed by atoms with van der Waals surface area (Å²) in [7, 11) is 0. The van der Waals surface area contributed by atoms with Crippen LogP contribution >= 0.6 is 0 Å². The van der Waals surface area contributed by atoms with Crippen molar-refractivity contribution in [1.29, 1.82) is 0 Å². The smallest absolute Gasteiger partial charge is 0.234 e. The van der Waals surface area contributed by atoms with Crippen molar-refractivity contribution in [3.05, 3.63) is 35.4 Å². The second kappa shape index (κ2) is 4.03. The Morgan fingerprint density at radius 2 is 2.27 bits per heavy atom. The molecule has 1 aromatic carbocycles. The SMILES string of the molecule is CC1Cc2ccccc2C1NC(=O)CN. The van der Waals surface area contributed by atoms with Crippen molar-refractivity contribution in [1.82, 2.24) is 5.32 Å². The maximum Gasteiger partial charge on any atom is 0.234 e. The van der Waals surface area contributed by atoms with Crippen LogP contribution in [0.2, 0.25) is 0 Å². The van der Waals surface area contributed by atoms with E-state index in [1.807, 2.05) is 12.1 Å². The fourth-order valence-corrected chi connectivity index (χ4v) is 2.25. The molecule has 1 amide bonds. The molecule has 0 aromatic heterocycles. The zero-order valence-corrected chi connectivity index (χ0v) is 8.86. The van der Waals surface area contributed by atoms with Gasteiger partial charge < -0.3 is 11.1 Å². The van der Waals surface area contributed by atoms with Gasteiger partial charge in [0, 0.05) is 0 Å². The van der Waals surface area contributed by atoms with Crippen LogP contribution in [0.15, 0.2) is 24.3 Å². The standard InChI is InChI=1S/C12H16N2O/c1-8-6-9-4-2-3-5-10(9)12(8)14-11(15)7-13/h2-5,8,12H,6-7,13H2,1H3,(H,14,15). The maximum atomic E-state index is 11.3. The molecule has 2 rings (SSSR count). The Kier molecular flexibility index (Phi) is 2.73. The van der Waals surface area contributed by atoms with E-state index in [0.29, 0.717) is 5.92 Å². The molecule has 0 heterocycles. The molecule has 1 aliphatic rings. The van der Waals surface area contributed by atoms with E-state index in [9.17, 15) is 4.79 Å². The van der Waals surface area contributed by atoms with Crippen molar-refractivity contribution in [2.45, 2.75) is 19.4 Å². The molecule has 0 bridgehead atoms. The second-order valence-electron chi connectivity index (χ2n) is 4.13. The minimum atomic E-state index is -0.0800. The van der Waals surface area contributed by atoms with Gasteiger partial charge in [-0.25, -0.2) is 0 Å². The molecule has 3 N–H and O–H groups in total. The summed E-state index contributed by atoms with van der Waals surface area (Å²) in [5.41, 5.74) is 7.89. The van der Waals surface area contributed by atoms with E-state index in [2.05, 4.69) is 24.4 Å². The maximum absolute atomic E-state index is 11.3. The molecule has 0 aliphatic heterocycles. The fourth-order valence-electron chi connectivity index (χ4n) is 2.25. The van der Waals surface area contributed by atoms with E-state index in [1.165, 1.54) is 11.1 Å². The molecular weight excluding hydrogens is 188 g/mol. The van der Waals surface area contributed by atoms with Crippen LogP contribution in [0.25, 0.3) is 0 Å². The van der Waals surface area contributed by atoms with E-state index in [1.54, 1.807) is 0 Å². The van der Waals surface area contributed by atoms with E-state index in [4.69, 9.17) is 5.73 Å². The Hall–Kier alpha value is -1.35. The Morgan fingerprint density at radius 1 is 1.53 bits per heavy atom. The van der Waals surface area contributed by atoms with Gasteiger partial charge in [-0.3, -0.25) is 4.79 Å². The van der Waals surface area contributed by atoms with Crippen LogP contribution in [0.3, 0.4) is 0 Å². The van der Waals surface area contributed by atoms with Gasteiger partial charge in [0.2, 0.25) is 5.91 Å². The quantitative estimate of drug-likeness (QED) is 0.755. The van der Waals surface area contributed by atoms with Crippen molar-refractivity contribution in [3.8, 4) is 0 Å². The van der Waals surface area contributed by atoms with Crippen LogP contribution in [0.4, 0.5) is 0 Å². The van der Waals surface area contributed by atoms with Crippen LogP contribution in [-0.4, -0.2) is 12.5 Å². The molecule has 0 radical (unpaired) electrons. The molecule has 0 saturated heterocycles. The van der Waals surface area contributed by atoms with Gasteiger partial charge in [-0.15, -0.1) is 0 Å². The van der Waals surface area contributed by atoms with Gasteiger partial charge in [-0.1, -0.05) is 31.2 Å². The van der Waals surface area contributed by atoms with Gasteiger partial charge >= 0.3 is 0 Å². The predicted molar refractivity (Wildman–Crippen MR) is 59.2 cm³/mol. The van der Waals surface area contributed by atoms with Gasteiger partial charge in [0.05, 0.1) is 12.6 Å². The first-order valence-corrected chi connectivity index (χ1v) is 5.29. The first-order chi connectivity index (χ1) is 7.22. The van der Waals surface area contributed by atoms with Crippen molar-refractivity contribution < 1.29 is 4.79 Å². The lowest BCUT2D eigenvalue weighted by Crippen LogP contribution is -2.35. The summed E-state index contributed by atoms with van der Waals surface area (Å²) in [4.78, 5) is 11.3. The Labute approximate surface area is 89.7 Å². The Morgan fingerprint density at radius 3 is 3.00 bits per heavy atom. The fraction of sp³-hybridized carbons (Fsp3) is 0.417. The van der Waals surface area contributed by atoms with E-state index >= 15 is 0 Å². The molecule has 3 heteroatoms. The molecule has 80 valence electrons. The van der Waals surface area contributed by atoms with Crippen molar-refractivity contribution in [2.75, 3.05) is 6.54 Å². The number of hydrogen-bond acceptors (Lipinski definition) is 2. The lowest BCUT2D eigenvalue weighted by atomic mass is 10.0. The molecule has 2 unspecified atom stereocenters. The normalized spacial score (nSPS) is 23.6. The number of hydrogen-bond donors (Lipinski definition) is 2. The van der Waals surface area contributed by atoms with E-state index < -0.39 is 0 Å². The number of nitrogens with two attached hydrogens (primary N) is 1. The van der Waals surface area contributed by atoms with Crippen molar-refractivity contribution in [3.63, 3.8) is 0 Å². The van der Waals surface area contributed by atoms with E-state index in [-0.39, 0.29) is 18.5 Å². The summed E-state index contributed by atoms with van der Waals surface area (Å²) in [5.74, 6) is 0.376. The minimum Gasteiger partial charge on any atom is -0.348 e. The number of fused-ring (bicyclic) bond motifs is 1. The highest BCUT2D eigenvalue weighted by molar-refractivity contribution is 5.78. The monoisotopic (exact) mass is 204 g/mol.